The molecule has 2 aromatic carbocycles. The van der Waals surface area contributed by atoms with Crippen LogP contribution in [-0.2, 0) is 0 Å². The number of rotatable bonds is 1. The van der Waals surface area contributed by atoms with Crippen molar-refractivity contribution in [3.8, 4) is 23.0 Å². The molecule has 2 aromatic rings. The first-order chi connectivity index (χ1) is 12.1. The molecule has 4 unspecified atom stereocenters. The van der Waals surface area contributed by atoms with Crippen molar-refractivity contribution in [2.45, 2.75) is 25.9 Å². The lowest BCUT2D eigenvalue weighted by Gasteiger charge is -2.39. The zero-order valence-electron chi connectivity index (χ0n) is 14.2. The average molecular weight is 340 g/mol. The summed E-state index contributed by atoms with van der Waals surface area (Å²) in [6.45, 7) is 4.79. The Balaban J connectivity index is 1.67. The third-order valence-corrected chi connectivity index (χ3v) is 5.84. The smallest absolute Gasteiger partial charge is 0.231 e. The first-order valence-electron chi connectivity index (χ1n) is 8.64. The fourth-order valence-electron chi connectivity index (χ4n) is 4.25. The number of ether oxygens (including phenoxy) is 4. The second kappa shape index (κ2) is 5.30. The van der Waals surface area contributed by atoms with Crippen LogP contribution in [0.15, 0.2) is 30.3 Å². The van der Waals surface area contributed by atoms with E-state index in [2.05, 4.69) is 26.0 Å². The zero-order valence-corrected chi connectivity index (χ0v) is 14.2. The van der Waals surface area contributed by atoms with E-state index in [4.69, 9.17) is 18.9 Å². The molecule has 3 aliphatic rings. The van der Waals surface area contributed by atoms with Crippen LogP contribution in [0.5, 0.6) is 23.0 Å². The van der Waals surface area contributed by atoms with Crippen molar-refractivity contribution in [3.05, 3.63) is 47.0 Å². The molecule has 25 heavy (non-hydrogen) atoms. The molecule has 5 rings (SSSR count). The van der Waals surface area contributed by atoms with Gasteiger partial charge in [-0.25, -0.2) is 0 Å². The summed E-state index contributed by atoms with van der Waals surface area (Å²) in [6, 6.07) is 10.1. The monoisotopic (exact) mass is 340 g/mol. The molecular weight excluding hydrogens is 320 g/mol. The normalized spacial score (nSPS) is 28.8. The van der Waals surface area contributed by atoms with Gasteiger partial charge in [-0.1, -0.05) is 19.9 Å². The van der Waals surface area contributed by atoms with Crippen LogP contribution in [0, 0.1) is 11.8 Å². The van der Waals surface area contributed by atoms with Gasteiger partial charge in [-0.2, -0.15) is 0 Å². The molecule has 0 saturated heterocycles. The lowest BCUT2D eigenvalue weighted by Crippen LogP contribution is -2.30. The maximum absolute atomic E-state index is 10.8. The predicted molar refractivity (Wildman–Crippen MR) is 90.3 cm³/mol. The van der Waals surface area contributed by atoms with Gasteiger partial charge in [0, 0.05) is 5.92 Å². The molecule has 1 aliphatic carbocycles. The van der Waals surface area contributed by atoms with Crippen molar-refractivity contribution in [3.63, 3.8) is 0 Å². The van der Waals surface area contributed by atoms with E-state index in [-0.39, 0.29) is 31.3 Å². The largest absolute Gasteiger partial charge is 0.454 e. The van der Waals surface area contributed by atoms with Crippen molar-refractivity contribution in [1.82, 2.24) is 0 Å². The van der Waals surface area contributed by atoms with Crippen molar-refractivity contribution >= 4 is 0 Å². The molecule has 0 amide bonds. The molecule has 5 heteroatoms. The van der Waals surface area contributed by atoms with E-state index in [1.54, 1.807) is 0 Å². The van der Waals surface area contributed by atoms with Crippen LogP contribution in [0.3, 0.4) is 0 Å². The van der Waals surface area contributed by atoms with Gasteiger partial charge in [-0.3, -0.25) is 0 Å². The van der Waals surface area contributed by atoms with Gasteiger partial charge < -0.3 is 24.1 Å². The minimum absolute atomic E-state index is 0.128. The maximum atomic E-state index is 10.8. The summed E-state index contributed by atoms with van der Waals surface area (Å²) < 4.78 is 22.1. The highest BCUT2D eigenvalue weighted by Crippen LogP contribution is 2.52. The van der Waals surface area contributed by atoms with Crippen LogP contribution in [-0.4, -0.2) is 18.7 Å². The Hall–Kier alpha value is -2.40. The van der Waals surface area contributed by atoms with E-state index in [1.807, 2.05) is 18.2 Å². The van der Waals surface area contributed by atoms with Crippen molar-refractivity contribution in [1.29, 1.82) is 0 Å². The summed E-state index contributed by atoms with van der Waals surface area (Å²) in [7, 11) is 0. The van der Waals surface area contributed by atoms with Crippen LogP contribution in [0.2, 0.25) is 0 Å². The number of aliphatic hydroxyl groups excluding tert-OH is 1. The highest BCUT2D eigenvalue weighted by molar-refractivity contribution is 5.55. The predicted octanol–water partition coefficient (Wildman–Crippen LogP) is 3.60. The van der Waals surface area contributed by atoms with Crippen LogP contribution in [0.4, 0.5) is 0 Å². The van der Waals surface area contributed by atoms with Crippen LogP contribution < -0.4 is 18.9 Å². The highest BCUT2D eigenvalue weighted by atomic mass is 16.7. The molecule has 2 heterocycles. The number of hydrogen-bond donors (Lipinski definition) is 1. The van der Waals surface area contributed by atoms with Crippen LogP contribution >= 0.6 is 0 Å². The van der Waals surface area contributed by atoms with E-state index in [0.717, 1.165) is 33.9 Å². The van der Waals surface area contributed by atoms with E-state index in [0.29, 0.717) is 5.75 Å². The second-order valence-electron chi connectivity index (χ2n) is 7.09. The first-order valence-corrected chi connectivity index (χ1v) is 8.64. The van der Waals surface area contributed by atoms with E-state index in [1.165, 1.54) is 0 Å². The van der Waals surface area contributed by atoms with Gasteiger partial charge >= 0.3 is 0 Å². The topological polar surface area (TPSA) is 57.2 Å². The molecule has 130 valence electrons. The van der Waals surface area contributed by atoms with Gasteiger partial charge in [-0.15, -0.1) is 0 Å². The third-order valence-electron chi connectivity index (χ3n) is 5.84. The molecular formula is C20H20O5. The molecule has 0 radical (unpaired) electrons. The summed E-state index contributed by atoms with van der Waals surface area (Å²) in [5, 5.41) is 10.8. The lowest BCUT2D eigenvalue weighted by molar-refractivity contribution is 0.0686. The number of hydrogen-bond acceptors (Lipinski definition) is 5. The van der Waals surface area contributed by atoms with E-state index in [9.17, 15) is 5.11 Å². The standard InChI is InChI=1S/C20H20O5/c1-10-11(2)20(21)14-7-18-17(24-9-25-18)6-13(14)19(10)12-3-4-15-16(5-12)23-8-22-15/h3-7,10-11,19-21H,8-9H2,1-2H3. The minimum Gasteiger partial charge on any atom is -0.454 e. The number of benzene rings is 2. The summed E-state index contributed by atoms with van der Waals surface area (Å²) in [5.74, 6) is 3.57. The maximum Gasteiger partial charge on any atom is 0.231 e. The molecule has 0 fully saturated rings. The van der Waals surface area contributed by atoms with E-state index < -0.39 is 6.10 Å². The Kier molecular flexibility index (Phi) is 3.16. The summed E-state index contributed by atoms with van der Waals surface area (Å²) in [4.78, 5) is 0. The van der Waals surface area contributed by atoms with Crippen molar-refractivity contribution in [2.75, 3.05) is 13.6 Å². The number of aliphatic hydroxyl groups is 1. The number of fused-ring (bicyclic) bond motifs is 3. The van der Waals surface area contributed by atoms with Crippen LogP contribution in [0.1, 0.15) is 42.6 Å². The first kappa shape index (κ1) is 14.9. The van der Waals surface area contributed by atoms with Gasteiger partial charge in [0.05, 0.1) is 6.10 Å². The Morgan fingerprint density at radius 3 is 2.08 bits per heavy atom. The van der Waals surface area contributed by atoms with Crippen molar-refractivity contribution in [2.24, 2.45) is 11.8 Å². The summed E-state index contributed by atoms with van der Waals surface area (Å²) in [5.41, 5.74) is 3.19. The van der Waals surface area contributed by atoms with Crippen LogP contribution in [0.25, 0.3) is 0 Å². The van der Waals surface area contributed by atoms with Gasteiger partial charge in [0.25, 0.3) is 0 Å². The van der Waals surface area contributed by atoms with Gasteiger partial charge in [0.1, 0.15) is 0 Å². The van der Waals surface area contributed by atoms with Gasteiger partial charge in [0.15, 0.2) is 23.0 Å². The minimum atomic E-state index is -0.509. The van der Waals surface area contributed by atoms with Crippen molar-refractivity contribution < 1.29 is 24.1 Å². The molecule has 0 bridgehead atoms. The summed E-state index contributed by atoms with van der Waals surface area (Å²) >= 11 is 0. The van der Waals surface area contributed by atoms with Gasteiger partial charge in [-0.05, 0) is 52.8 Å². The Morgan fingerprint density at radius 1 is 0.760 bits per heavy atom. The fourth-order valence-corrected chi connectivity index (χ4v) is 4.25. The zero-order chi connectivity index (χ0) is 17.1. The molecule has 1 N–H and O–H groups in total. The molecule has 0 spiro atoms. The SMILES string of the molecule is CC1C(O)c2cc3c(cc2C(c2ccc4c(c2)OCO4)C1C)OCO3. The third kappa shape index (κ3) is 2.12. The summed E-state index contributed by atoms with van der Waals surface area (Å²) in [6.07, 6.45) is -0.509. The Bertz CT molecular complexity index is 846. The Labute approximate surface area is 146 Å². The second-order valence-corrected chi connectivity index (χ2v) is 7.09. The lowest BCUT2D eigenvalue weighted by atomic mass is 9.66. The van der Waals surface area contributed by atoms with E-state index >= 15 is 0 Å². The Morgan fingerprint density at radius 2 is 1.36 bits per heavy atom. The molecule has 4 atom stereocenters. The average Bonchev–Trinajstić information content (AvgIpc) is 3.26. The molecule has 2 aliphatic heterocycles. The molecule has 5 nitrogen and oxygen atoms in total. The molecule has 0 saturated carbocycles. The fraction of sp³-hybridized carbons (Fsp3) is 0.400. The highest BCUT2D eigenvalue weighted by Gasteiger charge is 2.40. The van der Waals surface area contributed by atoms with Gasteiger partial charge in [0.2, 0.25) is 13.6 Å². The molecule has 0 aromatic heterocycles. The quantitative estimate of drug-likeness (QED) is 0.860.